The first-order valence-corrected chi connectivity index (χ1v) is 10.7. The van der Waals surface area contributed by atoms with E-state index in [1.807, 2.05) is 25.1 Å². The Morgan fingerprint density at radius 3 is 2.59 bits per heavy atom. The number of aromatic nitrogens is 3. The molecule has 2 aromatic heterocycles. The summed E-state index contributed by atoms with van der Waals surface area (Å²) < 4.78 is 2.49. The monoisotopic (exact) mass is 392 g/mol. The molecule has 0 aromatic carbocycles. The molecule has 4 aliphatic carbocycles. The summed E-state index contributed by atoms with van der Waals surface area (Å²) in [6, 6.07) is 2.09. The number of nitrogens with two attached hydrogens (primary N) is 1. The van der Waals surface area contributed by atoms with E-state index in [0.29, 0.717) is 18.3 Å². The standard InChI is InChI=1S/C22H28N6O/c1-14-7-16(8-24-19(14)23)17-9-28(20(25-17)15-3-4-15)22-11-21(12-22,13-22)27-6-5-26(2)18(29)10-27/h7-9,15H,3-6,10-13H2,1-2H3,(H2,23,24). The quantitative estimate of drug-likeness (QED) is 0.862. The molecule has 1 saturated heterocycles. The number of aryl methyl sites for hydroxylation is 1. The molecule has 152 valence electrons. The van der Waals surface area contributed by atoms with Gasteiger partial charge in [-0.1, -0.05) is 0 Å². The Labute approximate surface area is 170 Å². The van der Waals surface area contributed by atoms with Gasteiger partial charge >= 0.3 is 0 Å². The summed E-state index contributed by atoms with van der Waals surface area (Å²) in [6.45, 7) is 4.42. The van der Waals surface area contributed by atoms with Crippen molar-refractivity contribution >= 4 is 11.7 Å². The summed E-state index contributed by atoms with van der Waals surface area (Å²) in [5, 5.41) is 0. The van der Waals surface area contributed by atoms with Crippen LogP contribution in [-0.2, 0) is 10.3 Å². The van der Waals surface area contributed by atoms with Gasteiger partial charge in [0, 0.05) is 49.6 Å². The average molecular weight is 393 g/mol. The molecule has 3 heterocycles. The number of carbonyl (C=O) groups is 1. The van der Waals surface area contributed by atoms with Crippen LogP contribution >= 0.6 is 0 Å². The van der Waals surface area contributed by atoms with E-state index >= 15 is 0 Å². The van der Waals surface area contributed by atoms with Gasteiger partial charge < -0.3 is 15.2 Å². The van der Waals surface area contributed by atoms with Crippen molar-refractivity contribution in [2.75, 3.05) is 32.4 Å². The minimum atomic E-state index is 0.200. The highest BCUT2D eigenvalue weighted by atomic mass is 16.2. The third-order valence-electron chi connectivity index (χ3n) is 7.70. The number of hydrogen-bond acceptors (Lipinski definition) is 5. The number of carbonyl (C=O) groups excluding carboxylic acids is 1. The van der Waals surface area contributed by atoms with Gasteiger partial charge in [-0.3, -0.25) is 9.69 Å². The Morgan fingerprint density at radius 2 is 1.93 bits per heavy atom. The topological polar surface area (TPSA) is 80.3 Å². The Hall–Kier alpha value is -2.41. The first-order chi connectivity index (χ1) is 13.9. The minimum Gasteiger partial charge on any atom is -0.383 e. The Morgan fingerprint density at radius 1 is 1.17 bits per heavy atom. The van der Waals surface area contributed by atoms with Crippen LogP contribution in [-0.4, -0.2) is 62.5 Å². The number of hydrogen-bond donors (Lipinski definition) is 1. The van der Waals surface area contributed by atoms with Crippen LogP contribution in [0.25, 0.3) is 11.3 Å². The minimum absolute atomic E-state index is 0.200. The van der Waals surface area contributed by atoms with Crippen molar-refractivity contribution in [3.8, 4) is 11.3 Å². The highest BCUT2D eigenvalue weighted by Gasteiger charge is 2.72. The molecule has 1 amide bonds. The Bertz CT molecular complexity index is 1000. The normalized spacial score (nSPS) is 31.5. The number of amides is 1. The van der Waals surface area contributed by atoms with Gasteiger partial charge in [0.1, 0.15) is 11.6 Å². The summed E-state index contributed by atoms with van der Waals surface area (Å²) in [6.07, 6.45) is 10.00. The molecule has 2 N–H and O–H groups in total. The van der Waals surface area contributed by atoms with E-state index in [1.54, 1.807) is 0 Å². The Kier molecular flexibility index (Phi) is 3.37. The third kappa shape index (κ3) is 2.43. The van der Waals surface area contributed by atoms with Crippen LogP contribution in [0.2, 0.25) is 0 Å². The molecule has 1 aliphatic heterocycles. The van der Waals surface area contributed by atoms with E-state index in [0.717, 1.165) is 49.2 Å². The lowest BCUT2D eigenvalue weighted by Gasteiger charge is -2.74. The lowest BCUT2D eigenvalue weighted by molar-refractivity contribution is -0.214. The molecule has 5 aliphatic rings. The highest BCUT2D eigenvalue weighted by molar-refractivity contribution is 5.79. The van der Waals surface area contributed by atoms with Crippen molar-refractivity contribution in [2.24, 2.45) is 0 Å². The molecule has 4 saturated carbocycles. The largest absolute Gasteiger partial charge is 0.383 e. The number of nitrogen functional groups attached to an aromatic ring is 1. The zero-order valence-corrected chi connectivity index (χ0v) is 17.2. The van der Waals surface area contributed by atoms with E-state index < -0.39 is 0 Å². The van der Waals surface area contributed by atoms with Crippen molar-refractivity contribution in [2.45, 2.75) is 56.0 Å². The third-order valence-corrected chi connectivity index (χ3v) is 7.70. The molecule has 2 aromatic rings. The number of imidazole rings is 1. The number of pyridine rings is 1. The van der Waals surface area contributed by atoms with Crippen molar-refractivity contribution in [3.05, 3.63) is 29.8 Å². The molecule has 0 atom stereocenters. The van der Waals surface area contributed by atoms with Gasteiger partial charge in [-0.2, -0.15) is 0 Å². The molecule has 7 heteroatoms. The van der Waals surface area contributed by atoms with Crippen LogP contribution in [0.1, 0.15) is 49.4 Å². The van der Waals surface area contributed by atoms with Gasteiger partial charge in [-0.05, 0) is 50.7 Å². The highest BCUT2D eigenvalue weighted by Crippen LogP contribution is 2.69. The molecule has 0 spiro atoms. The maximum atomic E-state index is 12.2. The second kappa shape index (κ2) is 5.59. The van der Waals surface area contributed by atoms with Crippen LogP contribution in [0, 0.1) is 6.92 Å². The van der Waals surface area contributed by atoms with Crippen LogP contribution in [0.3, 0.4) is 0 Å². The maximum absolute atomic E-state index is 12.2. The number of rotatable bonds is 4. The summed E-state index contributed by atoms with van der Waals surface area (Å²) >= 11 is 0. The number of anilines is 1. The maximum Gasteiger partial charge on any atom is 0.236 e. The fourth-order valence-corrected chi connectivity index (χ4v) is 5.71. The number of nitrogens with zero attached hydrogens (tertiary/aromatic N) is 5. The smallest absolute Gasteiger partial charge is 0.236 e. The predicted molar refractivity (Wildman–Crippen MR) is 110 cm³/mol. The molecule has 2 bridgehead atoms. The molecule has 0 unspecified atom stereocenters. The van der Waals surface area contributed by atoms with E-state index in [-0.39, 0.29) is 17.0 Å². The molecule has 29 heavy (non-hydrogen) atoms. The van der Waals surface area contributed by atoms with E-state index in [2.05, 4.69) is 26.7 Å². The van der Waals surface area contributed by atoms with Gasteiger partial charge in [0.15, 0.2) is 0 Å². The lowest BCUT2D eigenvalue weighted by Crippen LogP contribution is -2.80. The van der Waals surface area contributed by atoms with E-state index in [9.17, 15) is 4.79 Å². The van der Waals surface area contributed by atoms with Crippen molar-refractivity contribution in [1.29, 1.82) is 0 Å². The van der Waals surface area contributed by atoms with Crippen molar-refractivity contribution < 1.29 is 4.79 Å². The first kappa shape index (κ1) is 17.4. The van der Waals surface area contributed by atoms with Crippen LogP contribution in [0.4, 0.5) is 5.82 Å². The van der Waals surface area contributed by atoms with Crippen LogP contribution < -0.4 is 5.73 Å². The van der Waals surface area contributed by atoms with Gasteiger partial charge in [0.05, 0.1) is 17.8 Å². The molecule has 5 fully saturated rings. The summed E-state index contributed by atoms with van der Waals surface area (Å²) in [5.41, 5.74) is 9.39. The van der Waals surface area contributed by atoms with Crippen LogP contribution in [0.5, 0.6) is 0 Å². The van der Waals surface area contributed by atoms with Gasteiger partial charge in [-0.15, -0.1) is 0 Å². The van der Waals surface area contributed by atoms with Gasteiger partial charge in [0.25, 0.3) is 0 Å². The predicted octanol–water partition coefficient (Wildman–Crippen LogP) is 2.12. The number of likely N-dealkylation sites (N-methyl/N-ethyl adjacent to an activating group) is 1. The van der Waals surface area contributed by atoms with Gasteiger partial charge in [-0.25, -0.2) is 9.97 Å². The summed E-state index contributed by atoms with van der Waals surface area (Å²) in [7, 11) is 1.91. The number of piperazine rings is 1. The van der Waals surface area contributed by atoms with E-state index in [1.165, 1.54) is 18.7 Å². The van der Waals surface area contributed by atoms with Crippen LogP contribution in [0.15, 0.2) is 18.5 Å². The summed E-state index contributed by atoms with van der Waals surface area (Å²) in [4.78, 5) is 25.9. The first-order valence-electron chi connectivity index (χ1n) is 10.7. The average Bonchev–Trinajstić information content (AvgIpc) is 3.38. The fourth-order valence-electron chi connectivity index (χ4n) is 5.71. The second-order valence-electron chi connectivity index (χ2n) is 9.77. The second-order valence-corrected chi connectivity index (χ2v) is 9.77. The zero-order valence-electron chi connectivity index (χ0n) is 17.2. The summed E-state index contributed by atoms with van der Waals surface area (Å²) in [5.74, 6) is 2.68. The molecule has 7 nitrogen and oxygen atoms in total. The lowest BCUT2D eigenvalue weighted by atomic mass is 9.43. The van der Waals surface area contributed by atoms with E-state index in [4.69, 9.17) is 10.7 Å². The fraction of sp³-hybridized carbons (Fsp3) is 0.591. The van der Waals surface area contributed by atoms with Gasteiger partial charge in [0.2, 0.25) is 5.91 Å². The zero-order chi connectivity index (χ0) is 20.0. The molecular formula is C22H28N6O. The molecular weight excluding hydrogens is 364 g/mol. The van der Waals surface area contributed by atoms with Crippen molar-refractivity contribution in [1.82, 2.24) is 24.3 Å². The Balaban J connectivity index is 1.27. The molecule has 7 rings (SSSR count). The van der Waals surface area contributed by atoms with Crippen molar-refractivity contribution in [3.63, 3.8) is 0 Å². The SMILES string of the molecule is Cc1cc(-c2cn(C34CC(N5CCN(C)C(=O)C5)(C3)C4)c(C3CC3)n2)cnc1N. The molecule has 0 radical (unpaired) electrons.